The minimum atomic E-state index is -4.48. The third-order valence-corrected chi connectivity index (χ3v) is 3.26. The maximum absolute atomic E-state index is 12.5. The molecule has 0 saturated carbocycles. The van der Waals surface area contributed by atoms with Crippen LogP contribution in [-0.2, 0) is 6.18 Å². The first-order valence-electron chi connectivity index (χ1n) is 6.37. The van der Waals surface area contributed by atoms with Crippen molar-refractivity contribution in [2.45, 2.75) is 20.0 Å². The van der Waals surface area contributed by atoms with Gasteiger partial charge in [0.2, 0.25) is 0 Å². The average molecular weight is 328 g/mol. The SMILES string of the molecule is C/C(=N/Nc1ncc(C(F)(F)F)cc1Cl)c1ccc(C)cc1. The Hall–Kier alpha value is -2.08. The van der Waals surface area contributed by atoms with Crippen molar-refractivity contribution in [1.29, 1.82) is 0 Å². The molecular formula is C15H13ClF3N3. The van der Waals surface area contributed by atoms with Gasteiger partial charge in [0.25, 0.3) is 0 Å². The summed E-state index contributed by atoms with van der Waals surface area (Å²) in [6.45, 7) is 3.75. The van der Waals surface area contributed by atoms with E-state index >= 15 is 0 Å². The second-order valence-corrected chi connectivity index (χ2v) is 5.13. The third kappa shape index (κ3) is 3.98. The van der Waals surface area contributed by atoms with E-state index in [-0.39, 0.29) is 10.8 Å². The van der Waals surface area contributed by atoms with Gasteiger partial charge in [-0.3, -0.25) is 5.43 Å². The standard InChI is InChI=1S/C15H13ClF3N3/c1-9-3-5-11(6-4-9)10(2)21-22-14-13(16)7-12(8-20-14)15(17,18)19/h3-8H,1-2H3,(H,20,22)/b21-10-. The van der Waals surface area contributed by atoms with E-state index in [4.69, 9.17) is 11.6 Å². The Morgan fingerprint density at radius 2 is 1.86 bits per heavy atom. The van der Waals surface area contributed by atoms with Crippen molar-refractivity contribution in [2.75, 3.05) is 5.43 Å². The van der Waals surface area contributed by atoms with Gasteiger partial charge in [0, 0.05) is 6.20 Å². The summed E-state index contributed by atoms with van der Waals surface area (Å²) in [6, 6.07) is 8.50. The van der Waals surface area contributed by atoms with Crippen LogP contribution in [0.4, 0.5) is 19.0 Å². The Morgan fingerprint density at radius 3 is 2.41 bits per heavy atom. The number of rotatable bonds is 3. The van der Waals surface area contributed by atoms with E-state index in [1.54, 1.807) is 6.92 Å². The van der Waals surface area contributed by atoms with Crippen LogP contribution in [0.15, 0.2) is 41.6 Å². The molecule has 7 heteroatoms. The molecule has 0 fully saturated rings. The smallest absolute Gasteiger partial charge is 0.260 e. The number of anilines is 1. The molecule has 1 heterocycles. The summed E-state index contributed by atoms with van der Waals surface area (Å²) in [5.74, 6) is 0.0705. The maximum atomic E-state index is 12.5. The molecule has 0 radical (unpaired) electrons. The summed E-state index contributed by atoms with van der Waals surface area (Å²) in [5.41, 5.74) is 4.36. The zero-order chi connectivity index (χ0) is 16.3. The highest BCUT2D eigenvalue weighted by atomic mass is 35.5. The quantitative estimate of drug-likeness (QED) is 0.643. The molecule has 2 aromatic rings. The molecule has 0 bridgehead atoms. The second-order valence-electron chi connectivity index (χ2n) is 4.73. The molecule has 1 aromatic heterocycles. The molecule has 0 aliphatic heterocycles. The molecule has 0 spiro atoms. The molecule has 22 heavy (non-hydrogen) atoms. The predicted molar refractivity (Wildman–Crippen MR) is 81.3 cm³/mol. The van der Waals surface area contributed by atoms with Crippen molar-refractivity contribution < 1.29 is 13.2 Å². The number of hydrogen-bond donors (Lipinski definition) is 1. The number of nitrogens with zero attached hydrogens (tertiary/aromatic N) is 2. The van der Waals surface area contributed by atoms with Gasteiger partial charge in [-0.25, -0.2) is 4.98 Å². The molecule has 1 N–H and O–H groups in total. The van der Waals surface area contributed by atoms with E-state index in [0.717, 1.165) is 17.2 Å². The van der Waals surface area contributed by atoms with Crippen molar-refractivity contribution in [3.63, 3.8) is 0 Å². The topological polar surface area (TPSA) is 37.3 Å². The van der Waals surface area contributed by atoms with Crippen LogP contribution in [0, 0.1) is 6.92 Å². The number of benzene rings is 1. The predicted octanol–water partition coefficient (Wildman–Crippen LogP) is 4.90. The molecule has 0 saturated heterocycles. The largest absolute Gasteiger partial charge is 0.417 e. The number of alkyl halides is 3. The minimum Gasteiger partial charge on any atom is -0.260 e. The van der Waals surface area contributed by atoms with Crippen LogP contribution in [-0.4, -0.2) is 10.7 Å². The van der Waals surface area contributed by atoms with Crippen LogP contribution < -0.4 is 5.43 Å². The zero-order valence-corrected chi connectivity index (χ0v) is 12.6. The van der Waals surface area contributed by atoms with E-state index < -0.39 is 11.7 Å². The van der Waals surface area contributed by atoms with Gasteiger partial charge >= 0.3 is 6.18 Å². The summed E-state index contributed by atoms with van der Waals surface area (Å²) < 4.78 is 37.6. The van der Waals surface area contributed by atoms with Gasteiger partial charge in [0.05, 0.1) is 16.3 Å². The lowest BCUT2D eigenvalue weighted by molar-refractivity contribution is -0.137. The summed E-state index contributed by atoms with van der Waals surface area (Å²) in [7, 11) is 0. The maximum Gasteiger partial charge on any atom is 0.417 e. The van der Waals surface area contributed by atoms with Crippen LogP contribution in [0.2, 0.25) is 5.02 Å². The minimum absolute atomic E-state index is 0.0705. The Labute approximate surface area is 130 Å². The molecule has 1 aromatic carbocycles. The lowest BCUT2D eigenvalue weighted by Gasteiger charge is -2.09. The highest BCUT2D eigenvalue weighted by molar-refractivity contribution is 6.33. The number of pyridine rings is 1. The molecule has 0 aliphatic rings. The van der Waals surface area contributed by atoms with Gasteiger partial charge < -0.3 is 0 Å². The lowest BCUT2D eigenvalue weighted by Crippen LogP contribution is -2.07. The molecular weight excluding hydrogens is 315 g/mol. The van der Waals surface area contributed by atoms with Crippen LogP contribution in [0.25, 0.3) is 0 Å². The van der Waals surface area contributed by atoms with E-state index in [1.165, 1.54) is 0 Å². The van der Waals surface area contributed by atoms with Crippen molar-refractivity contribution in [1.82, 2.24) is 4.98 Å². The number of aromatic nitrogens is 1. The summed E-state index contributed by atoms with van der Waals surface area (Å²) in [6.07, 6.45) is -3.76. The van der Waals surface area contributed by atoms with Crippen molar-refractivity contribution in [3.8, 4) is 0 Å². The van der Waals surface area contributed by atoms with Crippen LogP contribution in [0.3, 0.4) is 0 Å². The van der Waals surface area contributed by atoms with Crippen molar-refractivity contribution in [3.05, 3.63) is 58.2 Å². The second kappa shape index (κ2) is 6.36. The van der Waals surface area contributed by atoms with Crippen LogP contribution in [0.5, 0.6) is 0 Å². The van der Waals surface area contributed by atoms with Gasteiger partial charge in [-0.2, -0.15) is 18.3 Å². The van der Waals surface area contributed by atoms with E-state index in [2.05, 4.69) is 15.5 Å². The number of aryl methyl sites for hydroxylation is 1. The Bertz CT molecular complexity index is 694. The monoisotopic (exact) mass is 327 g/mol. The lowest BCUT2D eigenvalue weighted by atomic mass is 10.1. The number of hydrogen-bond acceptors (Lipinski definition) is 3. The fourth-order valence-electron chi connectivity index (χ4n) is 1.67. The summed E-state index contributed by atoms with van der Waals surface area (Å²) >= 11 is 5.79. The Kier molecular flexibility index (Phi) is 4.71. The molecule has 3 nitrogen and oxygen atoms in total. The zero-order valence-electron chi connectivity index (χ0n) is 11.9. The van der Waals surface area contributed by atoms with Gasteiger partial charge in [-0.05, 0) is 25.5 Å². The molecule has 0 atom stereocenters. The molecule has 0 unspecified atom stereocenters. The van der Waals surface area contributed by atoms with Crippen molar-refractivity contribution >= 4 is 23.1 Å². The molecule has 2 rings (SSSR count). The fraction of sp³-hybridized carbons (Fsp3) is 0.200. The average Bonchev–Trinajstić information content (AvgIpc) is 2.45. The van der Waals surface area contributed by atoms with E-state index in [0.29, 0.717) is 11.9 Å². The van der Waals surface area contributed by atoms with Gasteiger partial charge in [-0.15, -0.1) is 0 Å². The first kappa shape index (κ1) is 16.3. The summed E-state index contributed by atoms with van der Waals surface area (Å²) in [5, 5.41) is 3.94. The highest BCUT2D eigenvalue weighted by Crippen LogP contribution is 2.32. The summed E-state index contributed by atoms with van der Waals surface area (Å²) in [4.78, 5) is 3.65. The highest BCUT2D eigenvalue weighted by Gasteiger charge is 2.31. The number of halogens is 4. The van der Waals surface area contributed by atoms with Gasteiger partial charge in [0.15, 0.2) is 5.82 Å². The first-order chi connectivity index (χ1) is 10.3. The van der Waals surface area contributed by atoms with E-state index in [9.17, 15) is 13.2 Å². The molecule has 116 valence electrons. The first-order valence-corrected chi connectivity index (χ1v) is 6.75. The molecule has 0 aliphatic carbocycles. The Balaban J connectivity index is 2.17. The van der Waals surface area contributed by atoms with Crippen molar-refractivity contribution in [2.24, 2.45) is 5.10 Å². The van der Waals surface area contributed by atoms with Crippen LogP contribution in [0.1, 0.15) is 23.6 Å². The number of hydrazone groups is 1. The van der Waals surface area contributed by atoms with E-state index in [1.807, 2.05) is 31.2 Å². The third-order valence-electron chi connectivity index (χ3n) is 2.97. The Morgan fingerprint density at radius 1 is 1.23 bits per heavy atom. The van der Waals surface area contributed by atoms with Crippen LogP contribution >= 0.6 is 11.6 Å². The molecule has 0 amide bonds. The fourth-order valence-corrected chi connectivity index (χ4v) is 1.88. The van der Waals surface area contributed by atoms with Gasteiger partial charge in [0.1, 0.15) is 0 Å². The van der Waals surface area contributed by atoms with Gasteiger partial charge in [-0.1, -0.05) is 41.4 Å². The normalized spacial score (nSPS) is 12.4. The number of nitrogens with one attached hydrogen (secondary N) is 1.